The first-order valence-electron chi connectivity index (χ1n) is 7.69. The van der Waals surface area contributed by atoms with Crippen molar-refractivity contribution < 1.29 is 18.1 Å². The number of carbonyl (C=O) groups excluding carboxylic acids is 1. The summed E-state index contributed by atoms with van der Waals surface area (Å²) >= 11 is 5.94. The highest BCUT2D eigenvalue weighted by Gasteiger charge is 2.34. The molecule has 3 N–H and O–H groups in total. The lowest BCUT2D eigenvalue weighted by atomic mass is 9.99. The van der Waals surface area contributed by atoms with Crippen molar-refractivity contribution >= 4 is 45.6 Å². The normalized spacial score (nSPS) is 18.0. The number of halogens is 2. The Kier molecular flexibility index (Phi) is 8.22. The second-order valence-electron chi connectivity index (χ2n) is 5.65. The molecule has 1 amide bonds. The molecule has 1 atom stereocenters. The van der Waals surface area contributed by atoms with Crippen LogP contribution in [0.2, 0.25) is 5.02 Å². The molecular formula is C14H20Cl2N4O5S. The number of sulfonamides is 1. The lowest BCUT2D eigenvalue weighted by molar-refractivity contribution is -0.384. The summed E-state index contributed by atoms with van der Waals surface area (Å²) in [5, 5.41) is 13.2. The summed E-state index contributed by atoms with van der Waals surface area (Å²) in [5.74, 6) is -0.702. The maximum atomic E-state index is 12.8. The first-order chi connectivity index (χ1) is 11.8. The van der Waals surface area contributed by atoms with E-state index < -0.39 is 20.9 Å². The molecule has 1 saturated heterocycles. The number of amides is 1. The molecule has 1 aromatic rings. The summed E-state index contributed by atoms with van der Waals surface area (Å²) in [6.45, 7) is 0.928. The van der Waals surface area contributed by atoms with Crippen molar-refractivity contribution in [1.82, 2.24) is 9.62 Å². The molecule has 0 aromatic heterocycles. The zero-order chi connectivity index (χ0) is 18.6. The fourth-order valence-corrected chi connectivity index (χ4v) is 4.70. The van der Waals surface area contributed by atoms with Gasteiger partial charge in [-0.3, -0.25) is 14.9 Å². The minimum absolute atomic E-state index is 0. The van der Waals surface area contributed by atoms with Gasteiger partial charge in [-0.25, -0.2) is 8.42 Å². The third kappa shape index (κ3) is 5.04. The van der Waals surface area contributed by atoms with E-state index in [-0.39, 0.29) is 47.0 Å². The molecule has 1 fully saturated rings. The van der Waals surface area contributed by atoms with Gasteiger partial charge in [0, 0.05) is 38.3 Å². The van der Waals surface area contributed by atoms with Crippen molar-refractivity contribution in [3.8, 4) is 0 Å². The van der Waals surface area contributed by atoms with Crippen molar-refractivity contribution in [3.63, 3.8) is 0 Å². The Morgan fingerprint density at radius 3 is 2.73 bits per heavy atom. The molecule has 146 valence electrons. The van der Waals surface area contributed by atoms with Crippen LogP contribution in [0.3, 0.4) is 0 Å². The Bertz CT molecular complexity index is 775. The highest BCUT2D eigenvalue weighted by atomic mass is 35.5. The summed E-state index contributed by atoms with van der Waals surface area (Å²) in [5.41, 5.74) is 5.06. The van der Waals surface area contributed by atoms with Crippen LogP contribution in [0.25, 0.3) is 0 Å². The largest absolute Gasteiger partial charge is 0.355 e. The lowest BCUT2D eigenvalue weighted by Crippen LogP contribution is -2.46. The van der Waals surface area contributed by atoms with Gasteiger partial charge in [0.15, 0.2) is 0 Å². The van der Waals surface area contributed by atoms with E-state index in [4.69, 9.17) is 17.3 Å². The molecule has 1 heterocycles. The fourth-order valence-electron chi connectivity index (χ4n) is 2.67. The van der Waals surface area contributed by atoms with Crippen molar-refractivity contribution in [1.29, 1.82) is 0 Å². The van der Waals surface area contributed by atoms with E-state index in [0.717, 1.165) is 18.2 Å². The minimum Gasteiger partial charge on any atom is -0.355 e. The van der Waals surface area contributed by atoms with E-state index >= 15 is 0 Å². The van der Waals surface area contributed by atoms with E-state index in [1.54, 1.807) is 0 Å². The van der Waals surface area contributed by atoms with Crippen molar-refractivity contribution in [2.75, 3.05) is 26.2 Å². The molecule has 1 unspecified atom stereocenters. The molecule has 0 spiro atoms. The number of nitrogens with zero attached hydrogens (tertiary/aromatic N) is 2. The first kappa shape index (κ1) is 22.6. The van der Waals surface area contributed by atoms with Gasteiger partial charge in [-0.1, -0.05) is 11.6 Å². The predicted octanol–water partition coefficient (Wildman–Crippen LogP) is 1.15. The van der Waals surface area contributed by atoms with Gasteiger partial charge in [0.05, 0.1) is 15.9 Å². The maximum absolute atomic E-state index is 12.8. The molecule has 26 heavy (non-hydrogen) atoms. The minimum atomic E-state index is -3.95. The average molecular weight is 427 g/mol. The number of hydrogen-bond acceptors (Lipinski definition) is 6. The van der Waals surface area contributed by atoms with Gasteiger partial charge in [0.1, 0.15) is 4.90 Å². The fraction of sp³-hybridized carbons (Fsp3) is 0.500. The van der Waals surface area contributed by atoms with E-state index in [1.807, 2.05) is 0 Å². The topological polar surface area (TPSA) is 136 Å². The van der Waals surface area contributed by atoms with Crippen LogP contribution >= 0.6 is 24.0 Å². The maximum Gasteiger partial charge on any atom is 0.271 e. The number of non-ortho nitro benzene ring substituents is 1. The summed E-state index contributed by atoms with van der Waals surface area (Å²) in [4.78, 5) is 22.0. The Balaban J connectivity index is 0.00000338. The zero-order valence-electron chi connectivity index (χ0n) is 13.8. The number of carbonyl (C=O) groups is 1. The van der Waals surface area contributed by atoms with Crippen LogP contribution in [0.15, 0.2) is 23.1 Å². The number of nitro groups is 1. The molecule has 0 radical (unpaired) electrons. The average Bonchev–Trinajstić information content (AvgIpc) is 2.59. The summed E-state index contributed by atoms with van der Waals surface area (Å²) in [7, 11) is -3.95. The SMILES string of the molecule is Cl.NCCNC(=O)C1CCCN(S(=O)(=O)c2ccc([N+](=O)[O-])cc2Cl)C1. The van der Waals surface area contributed by atoms with Crippen LogP contribution in [-0.4, -0.2) is 49.7 Å². The van der Waals surface area contributed by atoms with E-state index in [0.29, 0.717) is 25.9 Å². The molecule has 0 saturated carbocycles. The highest BCUT2D eigenvalue weighted by Crippen LogP contribution is 2.30. The molecule has 9 nitrogen and oxygen atoms in total. The molecule has 2 rings (SSSR count). The van der Waals surface area contributed by atoms with E-state index in [2.05, 4.69) is 5.32 Å². The zero-order valence-corrected chi connectivity index (χ0v) is 16.1. The van der Waals surface area contributed by atoms with Crippen LogP contribution in [-0.2, 0) is 14.8 Å². The third-order valence-electron chi connectivity index (χ3n) is 3.94. The smallest absolute Gasteiger partial charge is 0.271 e. The van der Waals surface area contributed by atoms with Crippen LogP contribution < -0.4 is 11.1 Å². The Labute approximate surface area is 162 Å². The summed E-state index contributed by atoms with van der Waals surface area (Å²) in [6.07, 6.45) is 1.11. The predicted molar refractivity (Wildman–Crippen MR) is 98.9 cm³/mol. The lowest BCUT2D eigenvalue weighted by Gasteiger charge is -2.31. The second kappa shape index (κ2) is 9.47. The second-order valence-corrected chi connectivity index (χ2v) is 7.97. The van der Waals surface area contributed by atoms with Crippen LogP contribution in [0.1, 0.15) is 12.8 Å². The van der Waals surface area contributed by atoms with Crippen molar-refractivity contribution in [2.24, 2.45) is 11.7 Å². The molecule has 0 bridgehead atoms. The van der Waals surface area contributed by atoms with Crippen LogP contribution in [0.4, 0.5) is 5.69 Å². The molecule has 0 aliphatic carbocycles. The Morgan fingerprint density at radius 1 is 1.46 bits per heavy atom. The number of benzene rings is 1. The Morgan fingerprint density at radius 2 is 2.15 bits per heavy atom. The molecular weight excluding hydrogens is 407 g/mol. The number of hydrogen-bond donors (Lipinski definition) is 2. The number of rotatable bonds is 6. The summed E-state index contributed by atoms with van der Waals surface area (Å²) < 4.78 is 26.8. The molecule has 1 aliphatic rings. The van der Waals surface area contributed by atoms with Gasteiger partial charge in [0.25, 0.3) is 5.69 Å². The number of nitrogens with two attached hydrogens (primary N) is 1. The molecule has 12 heteroatoms. The van der Waals surface area contributed by atoms with Crippen LogP contribution in [0.5, 0.6) is 0 Å². The van der Waals surface area contributed by atoms with Crippen molar-refractivity contribution in [3.05, 3.63) is 33.3 Å². The number of piperidine rings is 1. The van der Waals surface area contributed by atoms with Gasteiger partial charge in [-0.2, -0.15) is 4.31 Å². The van der Waals surface area contributed by atoms with Gasteiger partial charge in [0.2, 0.25) is 15.9 Å². The van der Waals surface area contributed by atoms with E-state index in [9.17, 15) is 23.3 Å². The molecule has 1 aliphatic heterocycles. The monoisotopic (exact) mass is 426 g/mol. The Hall–Kier alpha value is -1.46. The quantitative estimate of drug-likeness (QED) is 0.516. The third-order valence-corrected chi connectivity index (χ3v) is 6.29. The van der Waals surface area contributed by atoms with Gasteiger partial charge in [-0.05, 0) is 18.9 Å². The van der Waals surface area contributed by atoms with Gasteiger partial charge < -0.3 is 11.1 Å². The number of nitrogens with one attached hydrogen (secondary N) is 1. The highest BCUT2D eigenvalue weighted by molar-refractivity contribution is 7.89. The van der Waals surface area contributed by atoms with Crippen molar-refractivity contribution in [2.45, 2.75) is 17.7 Å². The summed E-state index contributed by atoms with van der Waals surface area (Å²) in [6, 6.07) is 3.21. The molecule has 1 aromatic carbocycles. The van der Waals surface area contributed by atoms with Crippen LogP contribution in [0, 0.1) is 16.0 Å². The standard InChI is InChI=1S/C14H19ClN4O5S.ClH/c15-12-8-11(19(21)22)3-4-13(12)25(23,24)18-7-1-2-10(9-18)14(20)17-6-5-16;/h3-4,8,10H,1-2,5-7,9,16H2,(H,17,20);1H. The number of nitro benzene ring substituents is 1. The van der Waals surface area contributed by atoms with Gasteiger partial charge in [-0.15, -0.1) is 12.4 Å². The first-order valence-corrected chi connectivity index (χ1v) is 9.51. The van der Waals surface area contributed by atoms with Gasteiger partial charge >= 0.3 is 0 Å². The van der Waals surface area contributed by atoms with E-state index in [1.165, 1.54) is 4.31 Å².